The lowest BCUT2D eigenvalue weighted by Gasteiger charge is -2.18. The summed E-state index contributed by atoms with van der Waals surface area (Å²) in [5.41, 5.74) is 0. The quantitative estimate of drug-likeness (QED) is 0.708. The van der Waals surface area contributed by atoms with E-state index in [0.717, 1.165) is 31.1 Å². The third-order valence-corrected chi connectivity index (χ3v) is 2.72. The summed E-state index contributed by atoms with van der Waals surface area (Å²) in [6.45, 7) is 5.30. The molecule has 0 aromatic heterocycles. The first-order chi connectivity index (χ1) is 8.80. The lowest BCUT2D eigenvalue weighted by Crippen LogP contribution is -2.29. The van der Waals surface area contributed by atoms with Gasteiger partial charge in [-0.2, -0.15) is 5.26 Å². The summed E-state index contributed by atoms with van der Waals surface area (Å²) in [4.78, 5) is 2.20. The van der Waals surface area contributed by atoms with Crippen LogP contribution in [0.5, 0.6) is 11.5 Å². The summed E-state index contributed by atoms with van der Waals surface area (Å²) < 4.78 is 10.7. The Balaban J connectivity index is 2.29. The van der Waals surface area contributed by atoms with E-state index >= 15 is 0 Å². The van der Waals surface area contributed by atoms with Gasteiger partial charge in [-0.15, -0.1) is 0 Å². The van der Waals surface area contributed by atoms with Crippen molar-refractivity contribution in [1.29, 1.82) is 5.26 Å². The number of ether oxygens (including phenoxy) is 2. The first-order valence-corrected chi connectivity index (χ1v) is 6.16. The van der Waals surface area contributed by atoms with Crippen LogP contribution in [-0.4, -0.2) is 38.3 Å². The van der Waals surface area contributed by atoms with Gasteiger partial charge in [-0.3, -0.25) is 4.90 Å². The predicted molar refractivity (Wildman–Crippen MR) is 70.8 cm³/mol. The van der Waals surface area contributed by atoms with Gasteiger partial charge >= 0.3 is 0 Å². The molecule has 0 saturated carbocycles. The second kappa shape index (κ2) is 8.37. The third-order valence-electron chi connectivity index (χ3n) is 2.72. The van der Waals surface area contributed by atoms with Gasteiger partial charge in [0.2, 0.25) is 0 Å². The van der Waals surface area contributed by atoms with Crippen LogP contribution in [-0.2, 0) is 0 Å². The van der Waals surface area contributed by atoms with E-state index in [1.807, 2.05) is 24.3 Å². The molecule has 98 valence electrons. The van der Waals surface area contributed by atoms with E-state index in [2.05, 4.69) is 17.9 Å². The highest BCUT2D eigenvalue weighted by Crippen LogP contribution is 2.16. The van der Waals surface area contributed by atoms with Crippen LogP contribution in [0.2, 0.25) is 0 Å². The SMILES string of the molecule is CCN(CCC#N)CCOc1ccc(OC)cc1. The molecule has 0 heterocycles. The molecule has 0 amide bonds. The number of likely N-dealkylation sites (N-methyl/N-ethyl adjacent to an activating group) is 1. The first kappa shape index (κ1) is 14.3. The number of hydrogen-bond donors (Lipinski definition) is 0. The Morgan fingerprint density at radius 1 is 1.17 bits per heavy atom. The summed E-state index contributed by atoms with van der Waals surface area (Å²) in [5.74, 6) is 1.67. The molecule has 0 radical (unpaired) electrons. The zero-order valence-corrected chi connectivity index (χ0v) is 11.1. The molecule has 0 bridgehead atoms. The molecular weight excluding hydrogens is 228 g/mol. The van der Waals surface area contributed by atoms with Crippen LogP contribution in [0, 0.1) is 11.3 Å². The number of nitriles is 1. The van der Waals surface area contributed by atoms with Crippen LogP contribution < -0.4 is 9.47 Å². The predicted octanol–water partition coefficient (Wildman–Crippen LogP) is 2.31. The maximum Gasteiger partial charge on any atom is 0.119 e. The molecular formula is C14H20N2O2. The minimum Gasteiger partial charge on any atom is -0.497 e. The van der Waals surface area contributed by atoms with E-state index in [-0.39, 0.29) is 0 Å². The van der Waals surface area contributed by atoms with Gasteiger partial charge in [0.25, 0.3) is 0 Å². The molecule has 0 fully saturated rings. The molecule has 18 heavy (non-hydrogen) atoms. The minimum absolute atomic E-state index is 0.566. The van der Waals surface area contributed by atoms with E-state index in [9.17, 15) is 0 Å². The van der Waals surface area contributed by atoms with Crippen molar-refractivity contribution in [2.45, 2.75) is 13.3 Å². The highest BCUT2D eigenvalue weighted by Gasteiger charge is 2.02. The molecule has 0 aliphatic heterocycles. The second-order valence-corrected chi connectivity index (χ2v) is 3.87. The second-order valence-electron chi connectivity index (χ2n) is 3.87. The number of hydrogen-bond acceptors (Lipinski definition) is 4. The fourth-order valence-electron chi connectivity index (χ4n) is 1.60. The largest absolute Gasteiger partial charge is 0.497 e. The van der Waals surface area contributed by atoms with Crippen LogP contribution in [0.4, 0.5) is 0 Å². The van der Waals surface area contributed by atoms with Crippen molar-refractivity contribution >= 4 is 0 Å². The van der Waals surface area contributed by atoms with Crippen LogP contribution >= 0.6 is 0 Å². The summed E-state index contributed by atoms with van der Waals surface area (Å²) in [5, 5.41) is 8.54. The van der Waals surface area contributed by atoms with Crippen molar-refractivity contribution in [2.75, 3.05) is 33.4 Å². The smallest absolute Gasteiger partial charge is 0.119 e. The lowest BCUT2D eigenvalue weighted by molar-refractivity contribution is 0.218. The van der Waals surface area contributed by atoms with Crippen LogP contribution in [0.25, 0.3) is 0 Å². The molecule has 1 rings (SSSR count). The zero-order chi connectivity index (χ0) is 13.2. The molecule has 0 spiro atoms. The Labute approximate surface area is 109 Å². The van der Waals surface area contributed by atoms with E-state index in [4.69, 9.17) is 14.7 Å². The molecule has 0 atom stereocenters. The minimum atomic E-state index is 0.566. The third kappa shape index (κ3) is 5.07. The fraction of sp³-hybridized carbons (Fsp3) is 0.500. The number of nitrogens with zero attached hydrogens (tertiary/aromatic N) is 2. The van der Waals surface area contributed by atoms with Gasteiger partial charge in [0, 0.05) is 19.5 Å². The monoisotopic (exact) mass is 248 g/mol. The van der Waals surface area contributed by atoms with Crippen molar-refractivity contribution in [1.82, 2.24) is 4.90 Å². The van der Waals surface area contributed by atoms with Gasteiger partial charge in [0.05, 0.1) is 13.2 Å². The van der Waals surface area contributed by atoms with Gasteiger partial charge < -0.3 is 9.47 Å². The molecule has 4 nitrogen and oxygen atoms in total. The van der Waals surface area contributed by atoms with E-state index in [1.54, 1.807) is 7.11 Å². The molecule has 0 aliphatic rings. The van der Waals surface area contributed by atoms with E-state index < -0.39 is 0 Å². The molecule has 4 heteroatoms. The van der Waals surface area contributed by atoms with Crippen LogP contribution in [0.15, 0.2) is 24.3 Å². The van der Waals surface area contributed by atoms with Crippen molar-refractivity contribution < 1.29 is 9.47 Å². The standard InChI is InChI=1S/C14H20N2O2/c1-3-16(10-4-9-15)11-12-18-14-7-5-13(17-2)6-8-14/h5-8H,3-4,10-12H2,1-2H3. The summed E-state index contributed by atoms with van der Waals surface area (Å²) in [7, 11) is 1.64. The maximum absolute atomic E-state index is 8.54. The summed E-state index contributed by atoms with van der Waals surface area (Å²) in [6.07, 6.45) is 0.566. The van der Waals surface area contributed by atoms with Crippen molar-refractivity contribution in [3.8, 4) is 17.6 Å². The average Bonchev–Trinajstić information content (AvgIpc) is 2.43. The fourth-order valence-corrected chi connectivity index (χ4v) is 1.60. The molecule has 1 aromatic rings. The van der Waals surface area contributed by atoms with Gasteiger partial charge in [-0.1, -0.05) is 6.92 Å². The van der Waals surface area contributed by atoms with Gasteiger partial charge in [0.15, 0.2) is 0 Å². The van der Waals surface area contributed by atoms with Gasteiger partial charge in [-0.25, -0.2) is 0 Å². The highest BCUT2D eigenvalue weighted by molar-refractivity contribution is 5.31. The van der Waals surface area contributed by atoms with Crippen LogP contribution in [0.1, 0.15) is 13.3 Å². The number of rotatable bonds is 8. The van der Waals surface area contributed by atoms with Gasteiger partial charge in [0.1, 0.15) is 18.1 Å². The van der Waals surface area contributed by atoms with Crippen molar-refractivity contribution in [3.63, 3.8) is 0 Å². The summed E-state index contributed by atoms with van der Waals surface area (Å²) in [6, 6.07) is 9.70. The Bertz CT molecular complexity index is 370. The van der Waals surface area contributed by atoms with Crippen molar-refractivity contribution in [2.24, 2.45) is 0 Å². The maximum atomic E-state index is 8.54. The summed E-state index contributed by atoms with van der Waals surface area (Å²) >= 11 is 0. The Morgan fingerprint density at radius 2 is 1.83 bits per heavy atom. The molecule has 0 N–H and O–H groups in total. The van der Waals surface area contributed by atoms with E-state index in [1.165, 1.54) is 0 Å². The molecule has 0 saturated heterocycles. The van der Waals surface area contributed by atoms with Gasteiger partial charge in [-0.05, 0) is 30.8 Å². The Morgan fingerprint density at radius 3 is 2.39 bits per heavy atom. The molecule has 0 unspecified atom stereocenters. The van der Waals surface area contributed by atoms with Crippen LogP contribution in [0.3, 0.4) is 0 Å². The molecule has 0 aliphatic carbocycles. The molecule has 1 aromatic carbocycles. The average molecular weight is 248 g/mol. The first-order valence-electron chi connectivity index (χ1n) is 6.16. The van der Waals surface area contributed by atoms with E-state index in [0.29, 0.717) is 13.0 Å². The number of methoxy groups -OCH3 is 1. The Kier molecular flexibility index (Phi) is 6.67. The normalized spacial score (nSPS) is 10.1. The lowest BCUT2D eigenvalue weighted by atomic mass is 10.3. The Hall–Kier alpha value is -1.73. The highest BCUT2D eigenvalue weighted by atomic mass is 16.5. The number of benzene rings is 1. The zero-order valence-electron chi connectivity index (χ0n) is 11.1. The van der Waals surface area contributed by atoms with Crippen molar-refractivity contribution in [3.05, 3.63) is 24.3 Å². The topological polar surface area (TPSA) is 45.5 Å².